The number of sulfonamides is 1. The van der Waals surface area contributed by atoms with Crippen molar-refractivity contribution >= 4 is 10.0 Å². The van der Waals surface area contributed by atoms with Crippen molar-refractivity contribution in [2.75, 3.05) is 13.2 Å². The normalized spacial score (nSPS) is 20.4. The molecule has 1 aromatic rings. The maximum atomic E-state index is 12.2. The van der Waals surface area contributed by atoms with Gasteiger partial charge >= 0.3 is 0 Å². The van der Waals surface area contributed by atoms with E-state index in [9.17, 15) is 8.42 Å². The molecule has 0 aliphatic carbocycles. The molecule has 1 aliphatic heterocycles. The summed E-state index contributed by atoms with van der Waals surface area (Å²) in [5.74, 6) is 0. The number of hydrogen-bond acceptors (Lipinski definition) is 4. The summed E-state index contributed by atoms with van der Waals surface area (Å²) in [7, 11) is -3.51. The van der Waals surface area contributed by atoms with E-state index in [0.717, 1.165) is 19.3 Å². The van der Waals surface area contributed by atoms with Gasteiger partial charge in [0.1, 0.15) is 0 Å². The minimum atomic E-state index is -3.51. The van der Waals surface area contributed by atoms with Crippen LogP contribution in [0.1, 0.15) is 24.8 Å². The van der Waals surface area contributed by atoms with Gasteiger partial charge in [-0.2, -0.15) is 0 Å². The van der Waals surface area contributed by atoms with Crippen LogP contribution >= 0.6 is 0 Å². The predicted octanol–water partition coefficient (Wildman–Crippen LogP) is 0.993. The van der Waals surface area contributed by atoms with E-state index in [1.165, 1.54) is 0 Å². The molecule has 1 unspecified atom stereocenters. The third kappa shape index (κ3) is 3.76. The Morgan fingerprint density at radius 3 is 2.79 bits per heavy atom. The van der Waals surface area contributed by atoms with Crippen LogP contribution in [0.2, 0.25) is 0 Å². The highest BCUT2D eigenvalue weighted by Crippen LogP contribution is 2.16. The number of nitrogens with two attached hydrogens (primary N) is 1. The van der Waals surface area contributed by atoms with E-state index in [1.807, 2.05) is 0 Å². The number of benzene rings is 1. The lowest BCUT2D eigenvalue weighted by Crippen LogP contribution is -2.35. The van der Waals surface area contributed by atoms with Crippen LogP contribution in [-0.4, -0.2) is 27.7 Å². The zero-order chi connectivity index (χ0) is 13.7. The van der Waals surface area contributed by atoms with Gasteiger partial charge in [0, 0.05) is 19.7 Å². The van der Waals surface area contributed by atoms with Gasteiger partial charge in [-0.05, 0) is 30.9 Å². The summed E-state index contributed by atoms with van der Waals surface area (Å²) < 4.78 is 32.6. The molecule has 3 N–H and O–H groups in total. The predicted molar refractivity (Wildman–Crippen MR) is 73.1 cm³/mol. The zero-order valence-electron chi connectivity index (χ0n) is 10.8. The molecule has 1 atom stereocenters. The van der Waals surface area contributed by atoms with Crippen LogP contribution in [0.25, 0.3) is 0 Å². The molecule has 1 aliphatic rings. The highest BCUT2D eigenvalue weighted by molar-refractivity contribution is 7.89. The van der Waals surface area contributed by atoms with Gasteiger partial charge in [-0.25, -0.2) is 13.1 Å². The smallest absolute Gasteiger partial charge is 0.240 e. The second-order valence-corrected chi connectivity index (χ2v) is 6.39. The van der Waals surface area contributed by atoms with Crippen LogP contribution in [0.15, 0.2) is 29.2 Å². The van der Waals surface area contributed by atoms with Crippen molar-refractivity contribution in [1.29, 1.82) is 0 Å². The van der Waals surface area contributed by atoms with Crippen LogP contribution in [0.4, 0.5) is 0 Å². The minimum Gasteiger partial charge on any atom is -0.377 e. The maximum Gasteiger partial charge on any atom is 0.240 e. The Morgan fingerprint density at radius 1 is 1.32 bits per heavy atom. The highest BCUT2D eigenvalue weighted by atomic mass is 32.2. The molecule has 1 saturated heterocycles. The van der Waals surface area contributed by atoms with Gasteiger partial charge in [-0.15, -0.1) is 0 Å². The van der Waals surface area contributed by atoms with E-state index in [0.29, 0.717) is 18.7 Å². The third-order valence-electron chi connectivity index (χ3n) is 3.26. The lowest BCUT2D eigenvalue weighted by atomic mass is 10.1. The van der Waals surface area contributed by atoms with E-state index >= 15 is 0 Å². The van der Waals surface area contributed by atoms with Crippen LogP contribution in [0.5, 0.6) is 0 Å². The van der Waals surface area contributed by atoms with Gasteiger partial charge in [0.2, 0.25) is 10.0 Å². The van der Waals surface area contributed by atoms with Crippen LogP contribution in [-0.2, 0) is 21.3 Å². The van der Waals surface area contributed by atoms with Crippen LogP contribution < -0.4 is 10.5 Å². The van der Waals surface area contributed by atoms with Crippen molar-refractivity contribution in [3.63, 3.8) is 0 Å². The summed E-state index contributed by atoms with van der Waals surface area (Å²) in [4.78, 5) is 0.258. The molecule has 0 bridgehead atoms. The number of ether oxygens (including phenoxy) is 1. The summed E-state index contributed by atoms with van der Waals surface area (Å²) in [5, 5.41) is 0. The first kappa shape index (κ1) is 14.5. The molecule has 1 aromatic carbocycles. The van der Waals surface area contributed by atoms with Crippen molar-refractivity contribution in [2.45, 2.75) is 36.8 Å². The van der Waals surface area contributed by atoms with Crippen LogP contribution in [0, 0.1) is 0 Å². The Bertz CT molecular complexity index is 510. The highest BCUT2D eigenvalue weighted by Gasteiger charge is 2.20. The number of rotatable bonds is 5. The molecule has 0 radical (unpaired) electrons. The van der Waals surface area contributed by atoms with E-state index in [2.05, 4.69) is 4.72 Å². The summed E-state index contributed by atoms with van der Waals surface area (Å²) in [6, 6.07) is 6.79. The molecule has 0 spiro atoms. The first-order valence-electron chi connectivity index (χ1n) is 6.53. The van der Waals surface area contributed by atoms with Gasteiger partial charge < -0.3 is 10.5 Å². The van der Waals surface area contributed by atoms with Crippen molar-refractivity contribution in [3.05, 3.63) is 29.8 Å². The summed E-state index contributed by atoms with van der Waals surface area (Å²) in [6.07, 6.45) is 3.03. The Hall–Kier alpha value is -0.950. The molecule has 19 heavy (non-hydrogen) atoms. The average molecular weight is 284 g/mol. The lowest BCUT2D eigenvalue weighted by molar-refractivity contribution is 0.0200. The molecule has 106 valence electrons. The molecule has 5 nitrogen and oxygen atoms in total. The van der Waals surface area contributed by atoms with Crippen molar-refractivity contribution in [3.8, 4) is 0 Å². The molecule has 0 saturated carbocycles. The third-order valence-corrected chi connectivity index (χ3v) is 4.78. The Labute approximate surface area is 114 Å². The lowest BCUT2D eigenvalue weighted by Gasteiger charge is -2.22. The number of hydrogen-bond donors (Lipinski definition) is 2. The summed E-state index contributed by atoms with van der Waals surface area (Å²) in [6.45, 7) is 1.24. The summed E-state index contributed by atoms with van der Waals surface area (Å²) in [5.41, 5.74) is 6.19. The second kappa shape index (κ2) is 6.47. The second-order valence-electron chi connectivity index (χ2n) is 4.65. The van der Waals surface area contributed by atoms with E-state index in [1.54, 1.807) is 24.3 Å². The molecule has 1 heterocycles. The molecular weight excluding hydrogens is 264 g/mol. The van der Waals surface area contributed by atoms with Crippen molar-refractivity contribution < 1.29 is 13.2 Å². The summed E-state index contributed by atoms with van der Waals surface area (Å²) >= 11 is 0. The molecule has 0 aromatic heterocycles. The SMILES string of the molecule is NCc1ccccc1S(=O)(=O)NCC1CCCCO1. The molecule has 1 fully saturated rings. The van der Waals surface area contributed by atoms with Gasteiger partial charge in [-0.3, -0.25) is 0 Å². The zero-order valence-corrected chi connectivity index (χ0v) is 11.7. The molecule has 2 rings (SSSR count). The van der Waals surface area contributed by atoms with Gasteiger partial charge in [0.25, 0.3) is 0 Å². The monoisotopic (exact) mass is 284 g/mol. The first-order chi connectivity index (χ1) is 9.13. The Balaban J connectivity index is 2.05. The van der Waals surface area contributed by atoms with Gasteiger partial charge in [0.05, 0.1) is 11.0 Å². The maximum absolute atomic E-state index is 12.2. The van der Waals surface area contributed by atoms with Gasteiger partial charge in [-0.1, -0.05) is 18.2 Å². The minimum absolute atomic E-state index is 0.0198. The fourth-order valence-electron chi connectivity index (χ4n) is 2.18. The molecular formula is C13H20N2O3S. The largest absolute Gasteiger partial charge is 0.377 e. The van der Waals surface area contributed by atoms with E-state index < -0.39 is 10.0 Å². The number of nitrogens with one attached hydrogen (secondary N) is 1. The quantitative estimate of drug-likeness (QED) is 0.845. The molecule has 6 heteroatoms. The standard InChI is InChI=1S/C13H20N2O3S/c14-9-11-5-1-2-7-13(11)19(16,17)15-10-12-6-3-4-8-18-12/h1-2,5,7,12,15H,3-4,6,8-10,14H2. The van der Waals surface area contributed by atoms with Crippen molar-refractivity contribution in [2.24, 2.45) is 5.73 Å². The fraction of sp³-hybridized carbons (Fsp3) is 0.538. The van der Waals surface area contributed by atoms with E-state index in [4.69, 9.17) is 10.5 Å². The fourth-order valence-corrected chi connectivity index (χ4v) is 3.50. The first-order valence-corrected chi connectivity index (χ1v) is 8.01. The van der Waals surface area contributed by atoms with Crippen molar-refractivity contribution in [1.82, 2.24) is 4.72 Å². The van der Waals surface area contributed by atoms with Gasteiger partial charge in [0.15, 0.2) is 0 Å². The van der Waals surface area contributed by atoms with Crippen LogP contribution in [0.3, 0.4) is 0 Å². The molecule has 0 amide bonds. The average Bonchev–Trinajstić information content (AvgIpc) is 2.46. The Morgan fingerprint density at radius 2 is 2.11 bits per heavy atom. The topological polar surface area (TPSA) is 81.4 Å². The Kier molecular flexibility index (Phi) is 4.93. The van der Waals surface area contributed by atoms with E-state index in [-0.39, 0.29) is 17.5 Å².